The van der Waals surface area contributed by atoms with E-state index < -0.39 is 0 Å². The molecule has 3 heterocycles. The van der Waals surface area contributed by atoms with Crippen LogP contribution in [0.25, 0.3) is 10.9 Å². The minimum absolute atomic E-state index is 0.536. The highest BCUT2D eigenvalue weighted by Crippen LogP contribution is 2.27. The number of aromatic nitrogens is 3. The second-order valence-corrected chi connectivity index (χ2v) is 6.32. The highest BCUT2D eigenvalue weighted by Gasteiger charge is 2.23. The van der Waals surface area contributed by atoms with Gasteiger partial charge in [0, 0.05) is 48.0 Å². The second kappa shape index (κ2) is 5.61. The van der Waals surface area contributed by atoms with Crippen LogP contribution >= 0.6 is 0 Å². The number of hydrogen-bond acceptors (Lipinski definition) is 2. The second-order valence-electron chi connectivity index (χ2n) is 6.32. The van der Waals surface area contributed by atoms with Crippen molar-refractivity contribution in [2.45, 2.75) is 32.2 Å². The van der Waals surface area contributed by atoms with Gasteiger partial charge in [-0.15, -0.1) is 0 Å². The molecule has 1 aliphatic rings. The van der Waals surface area contributed by atoms with Crippen LogP contribution in [0.1, 0.15) is 35.8 Å². The van der Waals surface area contributed by atoms with Crippen LogP contribution in [0.5, 0.6) is 0 Å². The van der Waals surface area contributed by atoms with Gasteiger partial charge in [0.15, 0.2) is 0 Å². The summed E-state index contributed by atoms with van der Waals surface area (Å²) in [4.78, 5) is 13.9. The topological polar surface area (TPSA) is 47.7 Å². The van der Waals surface area contributed by atoms with Gasteiger partial charge >= 0.3 is 0 Å². The number of fused-ring (bicyclic) bond motifs is 1. The molecule has 0 spiro atoms. The van der Waals surface area contributed by atoms with Crippen molar-refractivity contribution in [2.75, 3.05) is 13.1 Å². The molecule has 22 heavy (non-hydrogen) atoms. The van der Waals surface area contributed by atoms with Crippen molar-refractivity contribution >= 4 is 10.9 Å². The number of aryl methyl sites for hydroxylation is 1. The molecule has 4 heteroatoms. The summed E-state index contributed by atoms with van der Waals surface area (Å²) in [6.07, 6.45) is 6.26. The molecular formula is C18H22N4. The number of hydrogen-bond donors (Lipinski definition) is 2. The Kier molecular flexibility index (Phi) is 3.47. The summed E-state index contributed by atoms with van der Waals surface area (Å²) in [6, 6.07) is 8.57. The first-order valence-corrected chi connectivity index (χ1v) is 8.09. The number of imidazole rings is 1. The van der Waals surface area contributed by atoms with E-state index in [1.54, 1.807) is 0 Å². The predicted octanol–water partition coefficient (Wildman–Crippen LogP) is 3.58. The van der Waals surface area contributed by atoms with Crippen LogP contribution in [-0.2, 0) is 6.54 Å². The lowest BCUT2D eigenvalue weighted by atomic mass is 9.97. The Balaban J connectivity index is 1.53. The molecule has 0 amide bonds. The highest BCUT2D eigenvalue weighted by molar-refractivity contribution is 5.84. The zero-order valence-corrected chi connectivity index (χ0v) is 13.0. The lowest BCUT2D eigenvalue weighted by molar-refractivity contribution is 0.195. The maximum atomic E-state index is 4.44. The van der Waals surface area contributed by atoms with E-state index in [1.807, 2.05) is 12.4 Å². The normalized spacial score (nSPS) is 19.8. The van der Waals surface area contributed by atoms with E-state index in [2.05, 4.69) is 51.0 Å². The maximum Gasteiger partial charge on any atom is 0.110 e. The molecule has 2 N–H and O–H groups in total. The van der Waals surface area contributed by atoms with Crippen molar-refractivity contribution in [2.24, 2.45) is 0 Å². The van der Waals surface area contributed by atoms with Crippen LogP contribution < -0.4 is 0 Å². The minimum Gasteiger partial charge on any atom is -0.357 e. The standard InChI is InChI=1S/C18H22N4/c1-13-15-6-2-3-7-16(15)21-17(13)12-22-10-4-5-14(11-22)18-19-8-9-20-18/h2-3,6-9,14,21H,4-5,10-12H2,1H3,(H,19,20). The molecule has 1 aliphatic heterocycles. The quantitative estimate of drug-likeness (QED) is 0.775. The average Bonchev–Trinajstić information content (AvgIpc) is 3.18. The van der Waals surface area contributed by atoms with Crippen molar-refractivity contribution in [3.05, 3.63) is 53.7 Å². The summed E-state index contributed by atoms with van der Waals surface area (Å²) < 4.78 is 0. The van der Waals surface area contributed by atoms with Gasteiger partial charge in [-0.3, -0.25) is 4.90 Å². The van der Waals surface area contributed by atoms with Crippen LogP contribution in [0, 0.1) is 6.92 Å². The van der Waals surface area contributed by atoms with Crippen LogP contribution in [0.4, 0.5) is 0 Å². The van der Waals surface area contributed by atoms with Gasteiger partial charge in [-0.05, 0) is 37.9 Å². The summed E-state index contributed by atoms with van der Waals surface area (Å²) in [5.74, 6) is 1.67. The number of para-hydroxylation sites is 1. The van der Waals surface area contributed by atoms with E-state index in [-0.39, 0.29) is 0 Å². The molecule has 1 aromatic carbocycles. The zero-order chi connectivity index (χ0) is 14.9. The molecule has 1 saturated heterocycles. The molecular weight excluding hydrogens is 272 g/mol. The van der Waals surface area contributed by atoms with E-state index in [1.165, 1.54) is 41.5 Å². The number of H-pyrrole nitrogens is 2. The third-order valence-corrected chi connectivity index (χ3v) is 4.86. The fourth-order valence-electron chi connectivity index (χ4n) is 3.64. The van der Waals surface area contributed by atoms with Crippen molar-refractivity contribution in [3.8, 4) is 0 Å². The Morgan fingerprint density at radius 1 is 1.32 bits per heavy atom. The maximum absolute atomic E-state index is 4.44. The van der Waals surface area contributed by atoms with Gasteiger partial charge in [0.2, 0.25) is 0 Å². The Hall–Kier alpha value is -2.07. The van der Waals surface area contributed by atoms with Crippen molar-refractivity contribution in [1.29, 1.82) is 0 Å². The molecule has 1 unspecified atom stereocenters. The first-order valence-electron chi connectivity index (χ1n) is 8.09. The lowest BCUT2D eigenvalue weighted by Crippen LogP contribution is -2.34. The van der Waals surface area contributed by atoms with E-state index in [0.717, 1.165) is 18.9 Å². The SMILES string of the molecule is Cc1c(CN2CCCC(c3ncc[nH]3)C2)[nH]c2ccccc12. The molecule has 3 aromatic rings. The van der Waals surface area contributed by atoms with Gasteiger partial charge in [-0.25, -0.2) is 4.98 Å². The van der Waals surface area contributed by atoms with E-state index in [0.29, 0.717) is 5.92 Å². The molecule has 0 radical (unpaired) electrons. The smallest absolute Gasteiger partial charge is 0.110 e. The van der Waals surface area contributed by atoms with Gasteiger partial charge in [0.05, 0.1) is 0 Å². The first kappa shape index (κ1) is 13.6. The number of nitrogens with zero attached hydrogens (tertiary/aromatic N) is 2. The molecule has 2 aromatic heterocycles. The van der Waals surface area contributed by atoms with Crippen LogP contribution in [0.15, 0.2) is 36.7 Å². The minimum atomic E-state index is 0.536. The number of nitrogens with one attached hydrogen (secondary N) is 2. The van der Waals surface area contributed by atoms with Crippen molar-refractivity contribution < 1.29 is 0 Å². The van der Waals surface area contributed by atoms with E-state index >= 15 is 0 Å². The largest absolute Gasteiger partial charge is 0.357 e. The van der Waals surface area contributed by atoms with Crippen LogP contribution in [0.2, 0.25) is 0 Å². The fourth-order valence-corrected chi connectivity index (χ4v) is 3.64. The summed E-state index contributed by atoms with van der Waals surface area (Å²) in [7, 11) is 0. The van der Waals surface area contributed by atoms with Gasteiger partial charge in [-0.1, -0.05) is 18.2 Å². The molecule has 1 fully saturated rings. The Morgan fingerprint density at radius 2 is 2.23 bits per heavy atom. The van der Waals surface area contributed by atoms with Crippen LogP contribution in [-0.4, -0.2) is 32.9 Å². The summed E-state index contributed by atoms with van der Waals surface area (Å²) in [6.45, 7) is 5.48. The Bertz CT molecular complexity index is 757. The number of piperidine rings is 1. The number of aromatic amines is 2. The highest BCUT2D eigenvalue weighted by atomic mass is 15.1. The number of likely N-dealkylation sites (tertiary alicyclic amines) is 1. The zero-order valence-electron chi connectivity index (χ0n) is 13.0. The number of rotatable bonds is 3. The molecule has 1 atom stereocenters. The third kappa shape index (κ3) is 2.44. The van der Waals surface area contributed by atoms with Gasteiger partial charge < -0.3 is 9.97 Å². The van der Waals surface area contributed by atoms with Gasteiger partial charge in [0.1, 0.15) is 5.82 Å². The summed E-state index contributed by atoms with van der Waals surface area (Å²) in [5, 5.41) is 1.34. The first-order chi connectivity index (χ1) is 10.8. The molecule has 114 valence electrons. The van der Waals surface area contributed by atoms with E-state index in [4.69, 9.17) is 0 Å². The monoisotopic (exact) mass is 294 g/mol. The Labute approximate surface area is 130 Å². The van der Waals surface area contributed by atoms with Crippen molar-refractivity contribution in [1.82, 2.24) is 19.9 Å². The third-order valence-electron chi connectivity index (χ3n) is 4.86. The fraction of sp³-hybridized carbons (Fsp3) is 0.389. The van der Waals surface area contributed by atoms with Crippen molar-refractivity contribution in [3.63, 3.8) is 0 Å². The summed E-state index contributed by atoms with van der Waals surface area (Å²) in [5.41, 5.74) is 3.98. The molecule has 0 aliphatic carbocycles. The van der Waals surface area contributed by atoms with E-state index in [9.17, 15) is 0 Å². The molecule has 4 rings (SSSR count). The lowest BCUT2D eigenvalue weighted by Gasteiger charge is -2.31. The molecule has 4 nitrogen and oxygen atoms in total. The summed E-state index contributed by atoms with van der Waals surface area (Å²) >= 11 is 0. The molecule has 0 bridgehead atoms. The van der Waals surface area contributed by atoms with Gasteiger partial charge in [-0.2, -0.15) is 0 Å². The van der Waals surface area contributed by atoms with Gasteiger partial charge in [0.25, 0.3) is 0 Å². The van der Waals surface area contributed by atoms with Crippen LogP contribution in [0.3, 0.4) is 0 Å². The Morgan fingerprint density at radius 3 is 3.05 bits per heavy atom. The average molecular weight is 294 g/mol. The predicted molar refractivity (Wildman–Crippen MR) is 88.9 cm³/mol. The number of benzene rings is 1. The molecule has 0 saturated carbocycles.